The number of sulfonamides is 1. The van der Waals surface area contributed by atoms with Crippen molar-refractivity contribution in [1.29, 1.82) is 0 Å². The number of anilines is 1. The van der Waals surface area contributed by atoms with Gasteiger partial charge in [0.2, 0.25) is 0 Å². The summed E-state index contributed by atoms with van der Waals surface area (Å²) in [6, 6.07) is 11.0. The van der Waals surface area contributed by atoms with E-state index in [0.29, 0.717) is 16.3 Å². The largest absolute Gasteiger partial charge is 0.350 e. The van der Waals surface area contributed by atoms with E-state index in [0.717, 1.165) is 5.56 Å². The van der Waals surface area contributed by atoms with E-state index in [-0.39, 0.29) is 16.8 Å². The Morgan fingerprint density at radius 3 is 2.28 bits per heavy atom. The molecule has 0 aliphatic rings. The molecule has 0 unspecified atom stereocenters. The maximum atomic E-state index is 12.8. The summed E-state index contributed by atoms with van der Waals surface area (Å²) in [5, 5.41) is 3.26. The van der Waals surface area contributed by atoms with Crippen molar-refractivity contribution < 1.29 is 13.2 Å². The molecule has 25 heavy (non-hydrogen) atoms. The van der Waals surface area contributed by atoms with Crippen molar-refractivity contribution in [2.75, 3.05) is 11.4 Å². The van der Waals surface area contributed by atoms with Crippen LogP contribution in [0.25, 0.3) is 0 Å². The van der Waals surface area contributed by atoms with Crippen molar-refractivity contribution in [3.63, 3.8) is 0 Å². The Bertz CT molecular complexity index is 878. The molecule has 0 atom stereocenters. The Kier molecular flexibility index (Phi) is 5.75. The van der Waals surface area contributed by atoms with Crippen LogP contribution in [-0.2, 0) is 10.0 Å². The molecule has 0 aromatic heterocycles. The minimum atomic E-state index is -3.75. The predicted molar refractivity (Wildman–Crippen MR) is 101 cm³/mol. The molecule has 1 N–H and O–H groups in total. The SMILES string of the molecule is Cc1ccc(C(=O)NC(C)C)cc1N(C)S(=O)(=O)c1ccc(Cl)cc1. The summed E-state index contributed by atoms with van der Waals surface area (Å²) < 4.78 is 26.9. The van der Waals surface area contributed by atoms with E-state index in [1.807, 2.05) is 13.8 Å². The highest BCUT2D eigenvalue weighted by Gasteiger charge is 2.23. The molecule has 0 heterocycles. The molecule has 0 aliphatic heterocycles. The van der Waals surface area contributed by atoms with Gasteiger partial charge in [-0.25, -0.2) is 8.42 Å². The Hall–Kier alpha value is -2.05. The third-order valence-electron chi connectivity index (χ3n) is 3.70. The lowest BCUT2D eigenvalue weighted by Crippen LogP contribution is -2.31. The molecule has 2 aromatic carbocycles. The fourth-order valence-electron chi connectivity index (χ4n) is 2.33. The van der Waals surface area contributed by atoms with Crippen molar-refractivity contribution in [1.82, 2.24) is 5.32 Å². The quantitative estimate of drug-likeness (QED) is 0.861. The van der Waals surface area contributed by atoms with Crippen LogP contribution in [0.5, 0.6) is 0 Å². The molecule has 0 fully saturated rings. The van der Waals surface area contributed by atoms with Crippen molar-refractivity contribution in [3.8, 4) is 0 Å². The minimum Gasteiger partial charge on any atom is -0.350 e. The van der Waals surface area contributed by atoms with E-state index in [9.17, 15) is 13.2 Å². The Labute approximate surface area is 153 Å². The third kappa shape index (κ3) is 4.32. The highest BCUT2D eigenvalue weighted by atomic mass is 35.5. The van der Waals surface area contributed by atoms with Crippen LogP contribution in [0.1, 0.15) is 29.8 Å². The molecule has 1 amide bonds. The molecular weight excluding hydrogens is 360 g/mol. The van der Waals surface area contributed by atoms with Gasteiger partial charge in [-0.1, -0.05) is 17.7 Å². The average molecular weight is 381 g/mol. The van der Waals surface area contributed by atoms with E-state index >= 15 is 0 Å². The lowest BCUT2D eigenvalue weighted by Gasteiger charge is -2.22. The van der Waals surface area contributed by atoms with Gasteiger partial charge in [-0.15, -0.1) is 0 Å². The summed E-state index contributed by atoms with van der Waals surface area (Å²) in [4.78, 5) is 12.3. The maximum absolute atomic E-state index is 12.8. The first-order valence-electron chi connectivity index (χ1n) is 7.79. The van der Waals surface area contributed by atoms with E-state index < -0.39 is 10.0 Å². The Balaban J connectivity index is 2.42. The van der Waals surface area contributed by atoms with Crippen LogP contribution >= 0.6 is 11.6 Å². The summed E-state index contributed by atoms with van der Waals surface area (Å²) in [6.07, 6.45) is 0. The van der Waals surface area contributed by atoms with Gasteiger partial charge in [-0.05, 0) is 62.7 Å². The molecule has 0 spiro atoms. The van der Waals surface area contributed by atoms with E-state index in [2.05, 4.69) is 5.32 Å². The van der Waals surface area contributed by atoms with Crippen molar-refractivity contribution in [2.45, 2.75) is 31.7 Å². The van der Waals surface area contributed by atoms with Crippen LogP contribution in [0.3, 0.4) is 0 Å². The predicted octanol–water partition coefficient (Wildman–Crippen LogP) is 3.61. The Morgan fingerprint density at radius 1 is 1.12 bits per heavy atom. The van der Waals surface area contributed by atoms with Crippen LogP contribution < -0.4 is 9.62 Å². The van der Waals surface area contributed by atoms with E-state index in [1.165, 1.54) is 35.6 Å². The molecule has 134 valence electrons. The fraction of sp³-hybridized carbons (Fsp3) is 0.278. The molecule has 5 nitrogen and oxygen atoms in total. The summed E-state index contributed by atoms with van der Waals surface area (Å²) in [5.41, 5.74) is 1.61. The lowest BCUT2D eigenvalue weighted by molar-refractivity contribution is 0.0943. The molecule has 2 rings (SSSR count). The third-order valence-corrected chi connectivity index (χ3v) is 5.74. The maximum Gasteiger partial charge on any atom is 0.264 e. The number of halogens is 1. The fourth-order valence-corrected chi connectivity index (χ4v) is 3.71. The monoisotopic (exact) mass is 380 g/mol. The molecule has 0 saturated carbocycles. The zero-order chi connectivity index (χ0) is 18.8. The van der Waals surface area contributed by atoms with Gasteiger partial charge in [-0.2, -0.15) is 0 Å². The molecule has 0 radical (unpaired) electrons. The highest BCUT2D eigenvalue weighted by molar-refractivity contribution is 7.92. The molecular formula is C18H21ClN2O3S. The first-order chi connectivity index (χ1) is 11.6. The number of hydrogen-bond acceptors (Lipinski definition) is 3. The number of aryl methyl sites for hydroxylation is 1. The van der Waals surface area contributed by atoms with Gasteiger partial charge in [-0.3, -0.25) is 9.10 Å². The van der Waals surface area contributed by atoms with Crippen molar-refractivity contribution in [2.24, 2.45) is 0 Å². The van der Waals surface area contributed by atoms with Crippen LogP contribution in [0.4, 0.5) is 5.69 Å². The number of carbonyl (C=O) groups excluding carboxylic acids is 1. The average Bonchev–Trinajstić information content (AvgIpc) is 2.54. The smallest absolute Gasteiger partial charge is 0.264 e. The Morgan fingerprint density at radius 2 is 1.72 bits per heavy atom. The minimum absolute atomic E-state index is 0.00668. The summed E-state index contributed by atoms with van der Waals surface area (Å²) in [7, 11) is -2.29. The highest BCUT2D eigenvalue weighted by Crippen LogP contribution is 2.27. The lowest BCUT2D eigenvalue weighted by atomic mass is 10.1. The summed E-state index contributed by atoms with van der Waals surface area (Å²) >= 11 is 5.83. The number of amides is 1. The molecule has 2 aromatic rings. The number of benzene rings is 2. The second-order valence-electron chi connectivity index (χ2n) is 6.06. The van der Waals surface area contributed by atoms with Crippen molar-refractivity contribution in [3.05, 3.63) is 58.6 Å². The molecule has 0 aliphatic carbocycles. The van der Waals surface area contributed by atoms with Crippen LogP contribution in [0.15, 0.2) is 47.4 Å². The van der Waals surface area contributed by atoms with Gasteiger partial charge in [0.1, 0.15) is 0 Å². The number of nitrogens with one attached hydrogen (secondary N) is 1. The second-order valence-corrected chi connectivity index (χ2v) is 8.46. The van der Waals surface area contributed by atoms with Crippen LogP contribution in [0, 0.1) is 6.92 Å². The van der Waals surface area contributed by atoms with E-state index in [4.69, 9.17) is 11.6 Å². The molecule has 0 saturated heterocycles. The molecule has 7 heteroatoms. The molecule has 0 bridgehead atoms. The second kappa shape index (κ2) is 7.45. The van der Waals surface area contributed by atoms with Gasteiger partial charge in [0.15, 0.2) is 0 Å². The first kappa shape index (κ1) is 19.3. The summed E-state index contributed by atoms with van der Waals surface area (Å²) in [6.45, 7) is 5.53. The van der Waals surface area contributed by atoms with Gasteiger partial charge < -0.3 is 5.32 Å². The zero-order valence-electron chi connectivity index (χ0n) is 14.6. The number of rotatable bonds is 5. The number of nitrogens with zero attached hydrogens (tertiary/aromatic N) is 1. The van der Waals surface area contributed by atoms with Gasteiger partial charge in [0.05, 0.1) is 10.6 Å². The van der Waals surface area contributed by atoms with Gasteiger partial charge >= 0.3 is 0 Å². The van der Waals surface area contributed by atoms with Crippen LogP contribution in [0.2, 0.25) is 5.02 Å². The number of hydrogen-bond donors (Lipinski definition) is 1. The van der Waals surface area contributed by atoms with Gasteiger partial charge in [0.25, 0.3) is 15.9 Å². The standard InChI is InChI=1S/C18H21ClN2O3S/c1-12(2)20-18(22)14-6-5-13(3)17(11-14)21(4)25(23,24)16-9-7-15(19)8-10-16/h5-12H,1-4H3,(H,20,22). The van der Waals surface area contributed by atoms with Crippen molar-refractivity contribution >= 4 is 33.2 Å². The number of carbonyl (C=O) groups is 1. The van der Waals surface area contributed by atoms with Crippen LogP contribution in [-0.4, -0.2) is 27.4 Å². The zero-order valence-corrected chi connectivity index (χ0v) is 16.1. The normalized spacial score (nSPS) is 11.4. The van der Waals surface area contributed by atoms with E-state index in [1.54, 1.807) is 25.1 Å². The topological polar surface area (TPSA) is 66.5 Å². The van der Waals surface area contributed by atoms with Gasteiger partial charge in [0, 0.05) is 23.7 Å². The first-order valence-corrected chi connectivity index (χ1v) is 9.60. The summed E-state index contributed by atoms with van der Waals surface area (Å²) in [5.74, 6) is -0.242.